The van der Waals surface area contributed by atoms with Gasteiger partial charge in [0.15, 0.2) is 0 Å². The third-order valence-corrected chi connectivity index (χ3v) is 6.01. The summed E-state index contributed by atoms with van der Waals surface area (Å²) in [6, 6.07) is 0. The lowest BCUT2D eigenvalue weighted by molar-refractivity contribution is -0.457. The van der Waals surface area contributed by atoms with Gasteiger partial charge in [-0.25, -0.2) is 0 Å². The Balaban J connectivity index is 2.33. The third kappa shape index (κ3) is 7.36. The van der Waals surface area contributed by atoms with Crippen molar-refractivity contribution >= 4 is 0 Å². The SMILES string of the molecule is CC1(C)CC(OCCCCCCCCOC(C(F)(F)F)(C(F)(F)F)C(F)(F)F)CC(C)(C)N1O. The zero-order chi connectivity index (χ0) is 26.6. The molecule has 204 valence electrons. The van der Waals surface area contributed by atoms with Crippen LogP contribution in [0.3, 0.4) is 0 Å². The average Bonchev–Trinajstić information content (AvgIpc) is 2.60. The van der Waals surface area contributed by atoms with Crippen molar-refractivity contribution in [2.24, 2.45) is 0 Å². The van der Waals surface area contributed by atoms with E-state index in [1.807, 2.05) is 27.7 Å². The molecule has 0 saturated carbocycles. The van der Waals surface area contributed by atoms with Crippen molar-refractivity contribution in [1.82, 2.24) is 5.06 Å². The van der Waals surface area contributed by atoms with E-state index in [0.29, 0.717) is 45.1 Å². The van der Waals surface area contributed by atoms with Crippen LogP contribution in [0.4, 0.5) is 39.5 Å². The molecule has 1 heterocycles. The van der Waals surface area contributed by atoms with Gasteiger partial charge in [-0.3, -0.25) is 0 Å². The first-order valence-corrected chi connectivity index (χ1v) is 11.1. The Morgan fingerprint density at radius 1 is 0.676 bits per heavy atom. The first-order chi connectivity index (χ1) is 15.2. The molecule has 0 spiro atoms. The van der Waals surface area contributed by atoms with Gasteiger partial charge in [-0.05, 0) is 53.4 Å². The van der Waals surface area contributed by atoms with Crippen LogP contribution in [0.1, 0.15) is 79.1 Å². The van der Waals surface area contributed by atoms with Gasteiger partial charge in [-0.15, -0.1) is 0 Å². The first kappa shape index (κ1) is 31.2. The van der Waals surface area contributed by atoms with Crippen LogP contribution in [0.2, 0.25) is 0 Å². The molecule has 0 aliphatic carbocycles. The van der Waals surface area contributed by atoms with E-state index in [2.05, 4.69) is 4.74 Å². The molecule has 1 N–H and O–H groups in total. The number of nitrogens with zero attached hydrogens (tertiary/aromatic N) is 1. The zero-order valence-electron chi connectivity index (χ0n) is 19.8. The van der Waals surface area contributed by atoms with E-state index in [4.69, 9.17) is 4.74 Å². The Kier molecular flexibility index (Phi) is 10.2. The van der Waals surface area contributed by atoms with E-state index in [1.54, 1.807) is 0 Å². The number of piperidine rings is 1. The van der Waals surface area contributed by atoms with E-state index in [9.17, 15) is 44.7 Å². The summed E-state index contributed by atoms with van der Waals surface area (Å²) in [4.78, 5) is 0. The molecule has 0 aromatic rings. The van der Waals surface area contributed by atoms with Crippen molar-refractivity contribution in [3.8, 4) is 0 Å². The molecule has 1 fully saturated rings. The second-order valence-electron chi connectivity index (χ2n) is 9.98. The standard InChI is InChI=1S/C21H34F9NO3/c1-16(2)13-15(14-17(3,4)31(16)32)33-11-9-7-5-6-8-10-12-34-18(19(22,23)24,20(25,26)27)21(28,29)30/h15,32H,5-14H2,1-4H3. The number of halogens is 9. The molecule has 34 heavy (non-hydrogen) atoms. The van der Waals surface area contributed by atoms with Gasteiger partial charge in [-0.2, -0.15) is 44.6 Å². The fraction of sp³-hybridized carbons (Fsp3) is 1.00. The Morgan fingerprint density at radius 2 is 1.03 bits per heavy atom. The maximum Gasteiger partial charge on any atom is 0.435 e. The van der Waals surface area contributed by atoms with E-state index < -0.39 is 41.8 Å². The van der Waals surface area contributed by atoms with Crippen molar-refractivity contribution < 1.29 is 54.2 Å². The number of ether oxygens (including phenoxy) is 2. The monoisotopic (exact) mass is 519 g/mol. The summed E-state index contributed by atoms with van der Waals surface area (Å²) in [5.74, 6) is 0. The lowest BCUT2D eigenvalue weighted by atomic mass is 9.80. The molecule has 4 nitrogen and oxygen atoms in total. The summed E-state index contributed by atoms with van der Waals surface area (Å²) in [6.07, 6.45) is -16.7. The van der Waals surface area contributed by atoms with Crippen LogP contribution in [0, 0.1) is 0 Å². The van der Waals surface area contributed by atoms with Gasteiger partial charge in [-0.1, -0.05) is 25.7 Å². The number of hydroxylamine groups is 2. The highest BCUT2D eigenvalue weighted by molar-refractivity contribution is 5.02. The minimum Gasteiger partial charge on any atom is -0.378 e. The highest BCUT2D eigenvalue weighted by atomic mass is 19.4. The lowest BCUT2D eigenvalue weighted by Crippen LogP contribution is -2.67. The number of hydrogen-bond donors (Lipinski definition) is 1. The van der Waals surface area contributed by atoms with Crippen LogP contribution in [0.15, 0.2) is 0 Å². The Morgan fingerprint density at radius 3 is 1.41 bits per heavy atom. The largest absolute Gasteiger partial charge is 0.435 e. The minimum absolute atomic E-state index is 0.0401. The number of alkyl halides is 9. The fourth-order valence-electron chi connectivity index (χ4n) is 4.41. The minimum atomic E-state index is -6.69. The molecule has 0 aromatic heterocycles. The fourth-order valence-corrected chi connectivity index (χ4v) is 4.41. The summed E-state index contributed by atoms with van der Waals surface area (Å²) >= 11 is 0. The molecule has 1 aliphatic heterocycles. The van der Waals surface area contributed by atoms with Gasteiger partial charge in [0, 0.05) is 24.3 Å². The van der Waals surface area contributed by atoms with Gasteiger partial charge in [0.25, 0.3) is 0 Å². The van der Waals surface area contributed by atoms with Crippen LogP contribution in [-0.2, 0) is 9.47 Å². The lowest BCUT2D eigenvalue weighted by Gasteiger charge is -2.51. The van der Waals surface area contributed by atoms with Crippen molar-refractivity contribution in [3.63, 3.8) is 0 Å². The van der Waals surface area contributed by atoms with Crippen LogP contribution in [0.25, 0.3) is 0 Å². The molecule has 1 aliphatic rings. The first-order valence-electron chi connectivity index (χ1n) is 11.1. The van der Waals surface area contributed by atoms with Crippen molar-refractivity contribution in [2.45, 2.75) is 120 Å². The summed E-state index contributed by atoms with van der Waals surface area (Å²) in [5, 5.41) is 11.6. The molecule has 0 radical (unpaired) electrons. The summed E-state index contributed by atoms with van der Waals surface area (Å²) in [7, 11) is 0. The second-order valence-corrected chi connectivity index (χ2v) is 9.98. The molecule has 0 aromatic carbocycles. The molecule has 0 amide bonds. The summed E-state index contributed by atoms with van der Waals surface area (Å²) in [6.45, 7) is 6.78. The number of rotatable bonds is 11. The highest BCUT2D eigenvalue weighted by Gasteiger charge is 2.85. The Hall–Kier alpha value is -0.790. The van der Waals surface area contributed by atoms with E-state index in [0.717, 1.165) is 0 Å². The summed E-state index contributed by atoms with van der Waals surface area (Å²) in [5.41, 5.74) is -7.09. The van der Waals surface area contributed by atoms with Gasteiger partial charge >= 0.3 is 24.1 Å². The molecule has 0 atom stereocenters. The van der Waals surface area contributed by atoms with Crippen molar-refractivity contribution in [2.75, 3.05) is 13.2 Å². The molecule has 1 rings (SSSR count). The van der Waals surface area contributed by atoms with Crippen molar-refractivity contribution in [3.05, 3.63) is 0 Å². The quantitative estimate of drug-likeness (QED) is 0.232. The predicted octanol–water partition coefficient (Wildman–Crippen LogP) is 7.20. The second kappa shape index (κ2) is 11.1. The number of unbranched alkanes of at least 4 members (excludes halogenated alkanes) is 5. The molecular weight excluding hydrogens is 485 g/mol. The van der Waals surface area contributed by atoms with E-state index in [-0.39, 0.29) is 18.9 Å². The zero-order valence-corrected chi connectivity index (χ0v) is 19.8. The molecular formula is C21H34F9NO3. The van der Waals surface area contributed by atoms with Gasteiger partial charge in [0.2, 0.25) is 0 Å². The normalized spacial score (nSPS) is 20.6. The number of hydrogen-bond acceptors (Lipinski definition) is 4. The third-order valence-electron chi connectivity index (χ3n) is 6.01. The smallest absolute Gasteiger partial charge is 0.378 e. The molecule has 0 bridgehead atoms. The van der Waals surface area contributed by atoms with Crippen LogP contribution in [-0.4, -0.2) is 64.8 Å². The van der Waals surface area contributed by atoms with Gasteiger partial charge < -0.3 is 14.7 Å². The molecule has 0 unspecified atom stereocenters. The van der Waals surface area contributed by atoms with Crippen molar-refractivity contribution in [1.29, 1.82) is 0 Å². The maximum atomic E-state index is 12.8. The highest BCUT2D eigenvalue weighted by Crippen LogP contribution is 2.54. The van der Waals surface area contributed by atoms with Gasteiger partial charge in [0.1, 0.15) is 0 Å². The Bertz CT molecular complexity index is 576. The van der Waals surface area contributed by atoms with E-state index >= 15 is 0 Å². The van der Waals surface area contributed by atoms with Gasteiger partial charge in [0.05, 0.1) is 6.10 Å². The van der Waals surface area contributed by atoms with Crippen LogP contribution >= 0.6 is 0 Å². The Labute approximate surface area is 193 Å². The summed E-state index contributed by atoms with van der Waals surface area (Å²) < 4.78 is 124. The topological polar surface area (TPSA) is 41.9 Å². The van der Waals surface area contributed by atoms with Crippen LogP contribution < -0.4 is 0 Å². The molecule has 13 heteroatoms. The maximum absolute atomic E-state index is 12.8. The van der Waals surface area contributed by atoms with Crippen LogP contribution in [0.5, 0.6) is 0 Å². The average molecular weight is 519 g/mol. The predicted molar refractivity (Wildman–Crippen MR) is 105 cm³/mol. The molecule has 1 saturated heterocycles. The van der Waals surface area contributed by atoms with E-state index in [1.165, 1.54) is 5.06 Å².